The van der Waals surface area contributed by atoms with Crippen molar-refractivity contribution >= 4 is 22.7 Å². The molecular weight excluding hydrogens is 378 g/mol. The first-order valence-electron chi connectivity index (χ1n) is 11.4. The van der Waals surface area contributed by atoms with Gasteiger partial charge < -0.3 is 19.9 Å². The molecule has 0 radical (unpaired) electrons. The lowest BCUT2D eigenvalue weighted by atomic mass is 9.91. The van der Waals surface area contributed by atoms with Crippen LogP contribution >= 0.6 is 0 Å². The van der Waals surface area contributed by atoms with Crippen LogP contribution in [0.1, 0.15) is 44.1 Å². The Hall–Kier alpha value is -2.34. The van der Waals surface area contributed by atoms with Crippen molar-refractivity contribution < 1.29 is 14.3 Å². The summed E-state index contributed by atoms with van der Waals surface area (Å²) in [5.41, 5.74) is 2.43. The van der Waals surface area contributed by atoms with Gasteiger partial charge in [-0.3, -0.25) is 9.59 Å². The number of benzene rings is 1. The number of amides is 2. The van der Waals surface area contributed by atoms with Gasteiger partial charge in [0.05, 0.1) is 0 Å². The molecule has 1 saturated carbocycles. The molecule has 0 spiro atoms. The average Bonchev–Trinajstić information content (AvgIpc) is 3.47. The number of piperidine rings is 1. The van der Waals surface area contributed by atoms with Crippen molar-refractivity contribution in [2.75, 3.05) is 19.7 Å². The van der Waals surface area contributed by atoms with Crippen LogP contribution in [0.3, 0.4) is 0 Å². The molecule has 1 aromatic carbocycles. The van der Waals surface area contributed by atoms with Gasteiger partial charge in [0.2, 0.25) is 5.91 Å². The van der Waals surface area contributed by atoms with Crippen LogP contribution in [0, 0.1) is 11.8 Å². The van der Waals surface area contributed by atoms with Crippen LogP contribution in [0.5, 0.6) is 0 Å². The summed E-state index contributed by atoms with van der Waals surface area (Å²) in [5, 5.41) is 4.56. The number of hydrogen-bond donors (Lipinski definition) is 2. The molecule has 3 fully saturated rings. The number of rotatable bonds is 6. The topological polar surface area (TPSA) is 74.4 Å². The number of nitrogens with zero attached hydrogens (tertiary/aromatic N) is 1. The smallest absolute Gasteiger partial charge is 0.251 e. The van der Waals surface area contributed by atoms with E-state index in [1.54, 1.807) is 0 Å². The Balaban J connectivity index is 1.11. The molecule has 160 valence electrons. The Morgan fingerprint density at radius 2 is 1.93 bits per heavy atom. The molecule has 2 aliphatic heterocycles. The fraction of sp³-hybridized carbons (Fsp3) is 0.583. The molecule has 3 aliphatic rings. The average molecular weight is 410 g/mol. The van der Waals surface area contributed by atoms with E-state index < -0.39 is 0 Å². The van der Waals surface area contributed by atoms with Crippen molar-refractivity contribution in [1.29, 1.82) is 0 Å². The monoisotopic (exact) mass is 409 g/mol. The van der Waals surface area contributed by atoms with Crippen molar-refractivity contribution in [1.82, 2.24) is 15.2 Å². The van der Waals surface area contributed by atoms with Crippen LogP contribution in [0.2, 0.25) is 0 Å². The van der Waals surface area contributed by atoms with Crippen LogP contribution in [-0.2, 0) is 20.7 Å². The summed E-state index contributed by atoms with van der Waals surface area (Å²) in [6.45, 7) is 2.22. The van der Waals surface area contributed by atoms with E-state index in [0.717, 1.165) is 57.1 Å². The first-order chi connectivity index (χ1) is 14.7. The predicted molar refractivity (Wildman–Crippen MR) is 115 cm³/mol. The van der Waals surface area contributed by atoms with Crippen molar-refractivity contribution in [2.24, 2.45) is 11.8 Å². The fourth-order valence-corrected chi connectivity index (χ4v) is 5.65. The molecular formula is C24H31N3O3. The molecule has 30 heavy (non-hydrogen) atoms. The number of nitrogens with one attached hydrogen (secondary N) is 2. The number of aryl methyl sites for hydroxylation is 1. The first kappa shape index (κ1) is 19.6. The number of carbonyl (C=O) groups is 2. The van der Waals surface area contributed by atoms with Gasteiger partial charge in [-0.1, -0.05) is 18.2 Å². The van der Waals surface area contributed by atoms with Gasteiger partial charge in [0.1, 0.15) is 6.10 Å². The first-order valence-corrected chi connectivity index (χ1v) is 11.4. The van der Waals surface area contributed by atoms with E-state index in [0.29, 0.717) is 24.9 Å². The van der Waals surface area contributed by atoms with E-state index >= 15 is 0 Å². The minimum absolute atomic E-state index is 0.149. The summed E-state index contributed by atoms with van der Waals surface area (Å²) < 4.78 is 5.59. The molecule has 5 rings (SSSR count). The highest BCUT2D eigenvalue weighted by molar-refractivity contribution is 5.83. The van der Waals surface area contributed by atoms with Crippen molar-refractivity contribution in [3.05, 3.63) is 36.0 Å². The SMILES string of the molecule is O=C(CCCc1c[nH]c2ccccc12)NC1[C@@H]2CC[C@H]1CN(C(=O)[C@@H]1CCCO1)C2. The number of fused-ring (bicyclic) bond motifs is 3. The van der Waals surface area contributed by atoms with Gasteiger partial charge in [0.15, 0.2) is 0 Å². The Morgan fingerprint density at radius 3 is 2.70 bits per heavy atom. The third kappa shape index (κ3) is 3.85. The summed E-state index contributed by atoms with van der Waals surface area (Å²) >= 11 is 0. The highest BCUT2D eigenvalue weighted by Crippen LogP contribution is 2.37. The number of aromatic amines is 1. The lowest BCUT2D eigenvalue weighted by molar-refractivity contribution is -0.143. The van der Waals surface area contributed by atoms with Gasteiger partial charge in [-0.15, -0.1) is 0 Å². The second-order valence-electron chi connectivity index (χ2n) is 9.15. The largest absolute Gasteiger partial charge is 0.368 e. The van der Waals surface area contributed by atoms with E-state index in [-0.39, 0.29) is 24.0 Å². The van der Waals surface area contributed by atoms with Crippen molar-refractivity contribution in [3.63, 3.8) is 0 Å². The maximum Gasteiger partial charge on any atom is 0.251 e. The Kier molecular flexibility index (Phi) is 5.50. The number of H-pyrrole nitrogens is 1. The zero-order valence-corrected chi connectivity index (χ0v) is 17.4. The number of aromatic nitrogens is 1. The zero-order chi connectivity index (χ0) is 20.5. The molecule has 2 amide bonds. The molecule has 3 heterocycles. The number of para-hydroxylation sites is 1. The van der Waals surface area contributed by atoms with Crippen LogP contribution < -0.4 is 5.32 Å². The molecule has 2 saturated heterocycles. The summed E-state index contributed by atoms with van der Waals surface area (Å²) in [6.07, 6.45) is 8.14. The standard InChI is InChI=1S/C24H31N3O3/c28-22(9-3-5-16-13-25-20-7-2-1-6-19(16)20)26-23-17-10-11-18(23)15-27(14-17)24(29)21-8-4-12-30-21/h1-2,6-7,13,17-18,21,23,25H,3-5,8-12,14-15H2,(H,26,28)/t17-,18+,21-,23?/m0/s1. The molecule has 4 atom stereocenters. The second-order valence-corrected chi connectivity index (χ2v) is 9.15. The second kappa shape index (κ2) is 8.42. The maximum absolute atomic E-state index is 12.7. The molecule has 2 bridgehead atoms. The third-order valence-electron chi connectivity index (χ3n) is 7.20. The van der Waals surface area contributed by atoms with E-state index in [1.807, 2.05) is 11.0 Å². The number of hydrogen-bond acceptors (Lipinski definition) is 3. The summed E-state index contributed by atoms with van der Waals surface area (Å²) in [7, 11) is 0. The zero-order valence-electron chi connectivity index (χ0n) is 17.4. The molecule has 6 heteroatoms. The highest BCUT2D eigenvalue weighted by atomic mass is 16.5. The normalized spacial score (nSPS) is 28.2. The van der Waals surface area contributed by atoms with E-state index in [9.17, 15) is 9.59 Å². The van der Waals surface area contributed by atoms with Crippen molar-refractivity contribution in [2.45, 2.75) is 57.1 Å². The van der Waals surface area contributed by atoms with Gasteiger partial charge in [-0.25, -0.2) is 0 Å². The van der Waals surface area contributed by atoms with Gasteiger partial charge in [-0.05, 0) is 62.0 Å². The Morgan fingerprint density at radius 1 is 1.13 bits per heavy atom. The lowest BCUT2D eigenvalue weighted by Crippen LogP contribution is -2.55. The minimum atomic E-state index is -0.236. The van der Waals surface area contributed by atoms with Crippen LogP contribution in [0.4, 0.5) is 0 Å². The minimum Gasteiger partial charge on any atom is -0.368 e. The summed E-state index contributed by atoms with van der Waals surface area (Å²) in [4.78, 5) is 30.6. The highest BCUT2D eigenvalue weighted by Gasteiger charge is 2.45. The van der Waals surface area contributed by atoms with Gasteiger partial charge in [-0.2, -0.15) is 0 Å². The molecule has 2 aromatic rings. The van der Waals surface area contributed by atoms with Crippen LogP contribution in [0.15, 0.2) is 30.5 Å². The maximum atomic E-state index is 12.7. The van der Waals surface area contributed by atoms with Gasteiger partial charge in [0, 0.05) is 49.3 Å². The lowest BCUT2D eigenvalue weighted by Gasteiger charge is -2.39. The molecule has 1 unspecified atom stereocenters. The molecule has 6 nitrogen and oxygen atoms in total. The Labute approximate surface area is 177 Å². The summed E-state index contributed by atoms with van der Waals surface area (Å²) in [5.74, 6) is 1.07. The Bertz CT molecular complexity index is 903. The number of likely N-dealkylation sites (tertiary alicyclic amines) is 1. The quantitative estimate of drug-likeness (QED) is 0.770. The number of carbonyl (C=O) groups excluding carboxylic acids is 2. The van der Waals surface area contributed by atoms with Crippen LogP contribution in [-0.4, -0.2) is 53.5 Å². The number of ether oxygens (including phenoxy) is 1. The van der Waals surface area contributed by atoms with Gasteiger partial charge in [0.25, 0.3) is 5.91 Å². The van der Waals surface area contributed by atoms with Gasteiger partial charge >= 0.3 is 0 Å². The molecule has 1 aliphatic carbocycles. The van der Waals surface area contributed by atoms with Crippen molar-refractivity contribution in [3.8, 4) is 0 Å². The van der Waals surface area contributed by atoms with Crippen LogP contribution in [0.25, 0.3) is 10.9 Å². The van der Waals surface area contributed by atoms with E-state index in [2.05, 4.69) is 34.7 Å². The predicted octanol–water partition coefficient (Wildman–Crippen LogP) is 3.02. The van der Waals surface area contributed by atoms with E-state index in [4.69, 9.17) is 4.74 Å². The third-order valence-corrected chi connectivity index (χ3v) is 7.20. The molecule has 1 aromatic heterocycles. The fourth-order valence-electron chi connectivity index (χ4n) is 5.65. The van der Waals surface area contributed by atoms with E-state index in [1.165, 1.54) is 10.9 Å². The molecule has 2 N–H and O–H groups in total. The summed E-state index contributed by atoms with van der Waals surface area (Å²) in [6, 6.07) is 8.52.